The lowest BCUT2D eigenvalue weighted by Crippen LogP contribution is -2.42. The van der Waals surface area contributed by atoms with E-state index in [-0.39, 0.29) is 11.6 Å². The van der Waals surface area contributed by atoms with Gasteiger partial charge in [0.1, 0.15) is 19.3 Å². The molecule has 0 radical (unpaired) electrons. The second kappa shape index (κ2) is 6.02. The van der Waals surface area contributed by atoms with Gasteiger partial charge >= 0.3 is 5.82 Å². The summed E-state index contributed by atoms with van der Waals surface area (Å²) in [5.74, 6) is -2.16. The van der Waals surface area contributed by atoms with E-state index < -0.39 is 36.0 Å². The Balaban J connectivity index is 2.79. The highest BCUT2D eigenvalue weighted by Crippen LogP contribution is 2.14. The first-order chi connectivity index (χ1) is 8.86. The first-order valence-corrected chi connectivity index (χ1v) is 5.16. The van der Waals surface area contributed by atoms with Gasteiger partial charge in [0.05, 0.1) is 0 Å². The van der Waals surface area contributed by atoms with Crippen molar-refractivity contribution in [1.29, 1.82) is 0 Å². The Hall–Kier alpha value is -2.33. The van der Waals surface area contributed by atoms with E-state index >= 15 is 0 Å². The van der Waals surface area contributed by atoms with Gasteiger partial charge in [0, 0.05) is 6.92 Å². The van der Waals surface area contributed by atoms with Crippen molar-refractivity contribution in [1.82, 2.24) is 14.9 Å². The van der Waals surface area contributed by atoms with Crippen molar-refractivity contribution in [3.8, 4) is 0 Å². The third kappa shape index (κ3) is 3.56. The molecule has 0 saturated heterocycles. The number of carbonyl (C=O) groups excluding carboxylic acids is 2. The minimum Gasteiger partial charge on any atom is -0.387 e. The molecule has 1 heterocycles. The van der Waals surface area contributed by atoms with Crippen LogP contribution in [0.15, 0.2) is 6.20 Å². The molecule has 1 rings (SSSR count). The predicted octanol–water partition coefficient (Wildman–Crippen LogP) is -1.90. The summed E-state index contributed by atoms with van der Waals surface area (Å²) < 4.78 is 1.04. The van der Waals surface area contributed by atoms with Crippen LogP contribution in [0, 0.1) is 17.0 Å². The number of hydrogen-bond donors (Lipinski definition) is 3. The minimum atomic E-state index is -1.68. The standard InChI is InChI=1S/C9H12N4O6/c1-5-10-2-8(13(18)19)12(5)3-6(15)9(17)11-7(16)4-14/h2,6,14-15H,3-4H2,1H3,(H,11,16,17). The molecule has 0 aliphatic carbocycles. The molecule has 104 valence electrons. The van der Waals surface area contributed by atoms with Gasteiger partial charge in [-0.05, 0) is 4.92 Å². The van der Waals surface area contributed by atoms with Crippen molar-refractivity contribution in [3.05, 3.63) is 22.1 Å². The number of nitrogens with one attached hydrogen (secondary N) is 1. The van der Waals surface area contributed by atoms with Crippen molar-refractivity contribution in [2.45, 2.75) is 19.6 Å². The van der Waals surface area contributed by atoms with Crippen LogP contribution >= 0.6 is 0 Å². The monoisotopic (exact) mass is 272 g/mol. The maximum absolute atomic E-state index is 11.3. The number of rotatable bonds is 5. The number of nitrogens with zero attached hydrogens (tertiary/aromatic N) is 3. The number of imidazole rings is 1. The van der Waals surface area contributed by atoms with Gasteiger partial charge in [0.15, 0.2) is 11.9 Å². The molecule has 0 aliphatic heterocycles. The number of nitro groups is 1. The lowest BCUT2D eigenvalue weighted by molar-refractivity contribution is -0.392. The van der Waals surface area contributed by atoms with Crippen LogP contribution in [-0.4, -0.2) is 49.2 Å². The summed E-state index contributed by atoms with van der Waals surface area (Å²) in [7, 11) is 0. The second-order valence-corrected chi connectivity index (χ2v) is 3.62. The average Bonchev–Trinajstić information content (AvgIpc) is 2.70. The predicted molar refractivity (Wildman–Crippen MR) is 59.9 cm³/mol. The molecule has 10 nitrogen and oxygen atoms in total. The number of imide groups is 1. The molecular weight excluding hydrogens is 260 g/mol. The molecule has 0 bridgehead atoms. The quantitative estimate of drug-likeness (QED) is 0.418. The van der Waals surface area contributed by atoms with Crippen LogP contribution in [0.1, 0.15) is 5.82 Å². The number of hydrogen-bond acceptors (Lipinski definition) is 7. The molecule has 3 N–H and O–H groups in total. The molecule has 0 saturated carbocycles. The Labute approximate surface area is 106 Å². The summed E-state index contributed by atoms with van der Waals surface area (Å²) in [4.78, 5) is 35.8. The topological polar surface area (TPSA) is 148 Å². The van der Waals surface area contributed by atoms with Gasteiger partial charge in [-0.3, -0.25) is 14.9 Å². The van der Waals surface area contributed by atoms with Crippen molar-refractivity contribution in [3.63, 3.8) is 0 Å². The van der Waals surface area contributed by atoms with Crippen LogP contribution in [0.5, 0.6) is 0 Å². The SMILES string of the molecule is Cc1ncc([N+](=O)[O-])n1CC(O)C(=O)NC(=O)CO. The molecule has 10 heteroatoms. The fraction of sp³-hybridized carbons (Fsp3) is 0.444. The summed E-state index contributed by atoms with van der Waals surface area (Å²) in [5, 5.41) is 30.4. The molecule has 1 aromatic rings. The summed E-state index contributed by atoms with van der Waals surface area (Å²) in [6.45, 7) is 0.145. The second-order valence-electron chi connectivity index (χ2n) is 3.62. The zero-order valence-corrected chi connectivity index (χ0v) is 9.94. The van der Waals surface area contributed by atoms with Gasteiger partial charge in [-0.25, -0.2) is 9.55 Å². The Morgan fingerprint density at radius 1 is 1.63 bits per heavy atom. The third-order valence-electron chi connectivity index (χ3n) is 2.29. The zero-order valence-electron chi connectivity index (χ0n) is 9.94. The lowest BCUT2D eigenvalue weighted by Gasteiger charge is -2.09. The summed E-state index contributed by atoms with van der Waals surface area (Å²) >= 11 is 0. The van der Waals surface area contributed by atoms with Crippen LogP contribution in [0.25, 0.3) is 0 Å². The van der Waals surface area contributed by atoms with E-state index in [1.165, 1.54) is 6.92 Å². The summed E-state index contributed by atoms with van der Waals surface area (Å²) in [6.07, 6.45) is -0.680. The van der Waals surface area contributed by atoms with E-state index in [1.807, 2.05) is 0 Å². The smallest absolute Gasteiger partial charge is 0.342 e. The Morgan fingerprint density at radius 2 is 2.26 bits per heavy atom. The van der Waals surface area contributed by atoms with Crippen LogP contribution in [-0.2, 0) is 16.1 Å². The van der Waals surface area contributed by atoms with Crippen LogP contribution in [0.2, 0.25) is 0 Å². The normalized spacial score (nSPS) is 11.9. The molecule has 0 fully saturated rings. The maximum atomic E-state index is 11.3. The van der Waals surface area contributed by atoms with Gasteiger partial charge in [-0.15, -0.1) is 0 Å². The minimum absolute atomic E-state index is 0.243. The summed E-state index contributed by atoms with van der Waals surface area (Å²) in [5.41, 5.74) is 0. The summed E-state index contributed by atoms with van der Waals surface area (Å²) in [6, 6.07) is 0. The molecule has 2 amide bonds. The number of carbonyl (C=O) groups is 2. The largest absolute Gasteiger partial charge is 0.387 e. The van der Waals surface area contributed by atoms with Crippen molar-refractivity contribution >= 4 is 17.6 Å². The van der Waals surface area contributed by atoms with E-state index in [1.54, 1.807) is 5.32 Å². The molecule has 0 spiro atoms. The number of aromatic nitrogens is 2. The first-order valence-electron chi connectivity index (χ1n) is 5.16. The van der Waals surface area contributed by atoms with Crippen molar-refractivity contribution in [2.75, 3.05) is 6.61 Å². The van der Waals surface area contributed by atoms with Gasteiger partial charge in [-0.2, -0.15) is 0 Å². The molecule has 0 aliphatic rings. The number of aliphatic hydroxyl groups is 2. The van der Waals surface area contributed by atoms with E-state index in [0.717, 1.165) is 10.8 Å². The van der Waals surface area contributed by atoms with Gasteiger partial charge in [0.25, 0.3) is 11.8 Å². The highest BCUT2D eigenvalue weighted by atomic mass is 16.6. The fourth-order valence-electron chi connectivity index (χ4n) is 1.34. The van der Waals surface area contributed by atoms with Crippen molar-refractivity contribution in [2.24, 2.45) is 0 Å². The highest BCUT2D eigenvalue weighted by molar-refractivity contribution is 5.97. The van der Waals surface area contributed by atoms with Crippen LogP contribution in [0.4, 0.5) is 5.82 Å². The maximum Gasteiger partial charge on any atom is 0.342 e. The van der Waals surface area contributed by atoms with E-state index in [9.17, 15) is 24.8 Å². The molecule has 19 heavy (non-hydrogen) atoms. The Morgan fingerprint density at radius 3 is 2.79 bits per heavy atom. The van der Waals surface area contributed by atoms with Gasteiger partial charge in [-0.1, -0.05) is 0 Å². The van der Waals surface area contributed by atoms with E-state index in [2.05, 4.69) is 4.98 Å². The van der Waals surface area contributed by atoms with Crippen molar-refractivity contribution < 1.29 is 24.7 Å². The average molecular weight is 272 g/mol. The fourth-order valence-corrected chi connectivity index (χ4v) is 1.34. The first kappa shape index (κ1) is 14.7. The zero-order chi connectivity index (χ0) is 14.6. The Bertz CT molecular complexity index is 511. The lowest BCUT2D eigenvalue weighted by atomic mass is 10.3. The van der Waals surface area contributed by atoms with Gasteiger partial charge in [0.2, 0.25) is 0 Å². The van der Waals surface area contributed by atoms with E-state index in [4.69, 9.17) is 5.11 Å². The number of aliphatic hydroxyl groups excluding tert-OH is 2. The third-order valence-corrected chi connectivity index (χ3v) is 2.29. The molecule has 1 atom stereocenters. The molecule has 0 aromatic carbocycles. The number of aryl methyl sites for hydroxylation is 1. The number of amides is 2. The highest BCUT2D eigenvalue weighted by Gasteiger charge is 2.25. The van der Waals surface area contributed by atoms with Crippen LogP contribution < -0.4 is 5.32 Å². The van der Waals surface area contributed by atoms with Crippen LogP contribution in [0.3, 0.4) is 0 Å². The molecular formula is C9H12N4O6. The van der Waals surface area contributed by atoms with E-state index in [0.29, 0.717) is 0 Å². The molecule has 1 aromatic heterocycles. The Kier molecular flexibility index (Phi) is 4.67. The van der Waals surface area contributed by atoms with Gasteiger partial charge < -0.3 is 20.3 Å². The molecule has 1 unspecified atom stereocenters.